The molecule has 0 aromatic heterocycles. The van der Waals surface area contributed by atoms with Crippen LogP contribution < -0.4 is 0 Å². The molecule has 0 spiro atoms. The molecule has 1 aromatic rings. The van der Waals surface area contributed by atoms with Gasteiger partial charge in [-0.25, -0.2) is 0 Å². The summed E-state index contributed by atoms with van der Waals surface area (Å²) in [5, 5.41) is 0. The molecule has 1 rings (SSSR count). The summed E-state index contributed by atoms with van der Waals surface area (Å²) < 4.78 is 0. The highest BCUT2D eigenvalue weighted by Crippen LogP contribution is 2.12. The Morgan fingerprint density at radius 2 is 1.65 bits per heavy atom. The van der Waals surface area contributed by atoms with Gasteiger partial charge in [-0.3, -0.25) is 0 Å². The van der Waals surface area contributed by atoms with Crippen LogP contribution in [0.25, 0.3) is 6.08 Å². The number of aryl methyl sites for hydroxylation is 1. The summed E-state index contributed by atoms with van der Waals surface area (Å²) in [6.07, 6.45) is 8.30. The van der Waals surface area contributed by atoms with Gasteiger partial charge in [-0.1, -0.05) is 70.5 Å². The predicted molar refractivity (Wildman–Crippen MR) is 78.1 cm³/mol. The van der Waals surface area contributed by atoms with Crippen LogP contribution in [-0.4, -0.2) is 0 Å². The Bertz CT molecular complexity index is 328. The van der Waals surface area contributed by atoms with Crippen LogP contribution in [0.2, 0.25) is 0 Å². The zero-order valence-electron chi connectivity index (χ0n) is 11.7. The molecular formula is C17H26. The molecule has 1 aromatic carbocycles. The Balaban J connectivity index is 2.45. The predicted octanol–water partition coefficient (Wildman–Crippen LogP) is 5.33. The summed E-state index contributed by atoms with van der Waals surface area (Å²) in [4.78, 5) is 0. The molecule has 0 N–H and O–H groups in total. The summed E-state index contributed by atoms with van der Waals surface area (Å²) in [6, 6.07) is 8.98. The fraction of sp³-hybridized carbons (Fsp3) is 0.529. The SMILES string of the molecule is CC(C)/C=C/c1ccc(CCCC(C)C)cc1. The lowest BCUT2D eigenvalue weighted by Crippen LogP contribution is -1.90. The molecule has 0 saturated heterocycles. The second-order valence-corrected chi connectivity index (χ2v) is 5.63. The lowest BCUT2D eigenvalue weighted by atomic mass is 10.0. The van der Waals surface area contributed by atoms with Crippen LogP contribution in [-0.2, 0) is 6.42 Å². The Kier molecular flexibility index (Phi) is 6.04. The van der Waals surface area contributed by atoms with E-state index in [2.05, 4.69) is 64.1 Å². The third-order valence-corrected chi connectivity index (χ3v) is 2.90. The third-order valence-electron chi connectivity index (χ3n) is 2.90. The molecule has 17 heavy (non-hydrogen) atoms. The average Bonchev–Trinajstić information content (AvgIpc) is 2.27. The van der Waals surface area contributed by atoms with E-state index in [0.29, 0.717) is 5.92 Å². The van der Waals surface area contributed by atoms with E-state index in [-0.39, 0.29) is 0 Å². The third kappa shape index (κ3) is 6.31. The van der Waals surface area contributed by atoms with E-state index in [0.717, 1.165) is 5.92 Å². The van der Waals surface area contributed by atoms with E-state index in [4.69, 9.17) is 0 Å². The van der Waals surface area contributed by atoms with Gasteiger partial charge in [0.15, 0.2) is 0 Å². The first-order valence-electron chi connectivity index (χ1n) is 6.85. The van der Waals surface area contributed by atoms with Crippen molar-refractivity contribution >= 4 is 6.08 Å². The minimum atomic E-state index is 0.626. The smallest absolute Gasteiger partial charge is 0.0260 e. The number of hydrogen-bond acceptors (Lipinski definition) is 0. The van der Waals surface area contributed by atoms with Gasteiger partial charge in [0.2, 0.25) is 0 Å². The summed E-state index contributed by atoms with van der Waals surface area (Å²) in [7, 11) is 0. The molecule has 0 radical (unpaired) electrons. The van der Waals surface area contributed by atoms with Crippen molar-refractivity contribution in [2.24, 2.45) is 11.8 Å². The van der Waals surface area contributed by atoms with Crippen LogP contribution in [0, 0.1) is 11.8 Å². The van der Waals surface area contributed by atoms with Crippen LogP contribution >= 0.6 is 0 Å². The molecule has 94 valence electrons. The fourth-order valence-electron chi connectivity index (χ4n) is 1.81. The molecule has 0 aliphatic heterocycles. The second-order valence-electron chi connectivity index (χ2n) is 5.63. The van der Waals surface area contributed by atoms with Gasteiger partial charge in [0, 0.05) is 0 Å². The number of rotatable bonds is 6. The quantitative estimate of drug-likeness (QED) is 0.619. The van der Waals surface area contributed by atoms with Gasteiger partial charge in [-0.05, 0) is 35.8 Å². The Morgan fingerprint density at radius 3 is 2.18 bits per heavy atom. The minimum absolute atomic E-state index is 0.626. The number of hydrogen-bond donors (Lipinski definition) is 0. The number of allylic oxidation sites excluding steroid dienone is 1. The van der Waals surface area contributed by atoms with E-state index in [1.165, 1.54) is 30.4 Å². The first kappa shape index (κ1) is 14.0. The second kappa shape index (κ2) is 7.32. The van der Waals surface area contributed by atoms with Crippen molar-refractivity contribution < 1.29 is 0 Å². The molecule has 0 nitrogen and oxygen atoms in total. The van der Waals surface area contributed by atoms with Crippen molar-refractivity contribution in [3.63, 3.8) is 0 Å². The lowest BCUT2D eigenvalue weighted by Gasteiger charge is -2.05. The van der Waals surface area contributed by atoms with Gasteiger partial charge in [-0.2, -0.15) is 0 Å². The highest BCUT2D eigenvalue weighted by molar-refractivity contribution is 5.49. The molecule has 0 aliphatic carbocycles. The van der Waals surface area contributed by atoms with Crippen LogP contribution in [0.1, 0.15) is 51.7 Å². The highest BCUT2D eigenvalue weighted by atomic mass is 14.0. The minimum Gasteiger partial charge on any atom is -0.0814 e. The van der Waals surface area contributed by atoms with Crippen LogP contribution in [0.15, 0.2) is 30.3 Å². The van der Waals surface area contributed by atoms with E-state index < -0.39 is 0 Å². The molecule has 0 saturated carbocycles. The molecule has 0 heterocycles. The van der Waals surface area contributed by atoms with Crippen molar-refractivity contribution in [3.8, 4) is 0 Å². The molecule has 0 aliphatic rings. The van der Waals surface area contributed by atoms with Crippen LogP contribution in [0.3, 0.4) is 0 Å². The fourth-order valence-corrected chi connectivity index (χ4v) is 1.81. The summed E-state index contributed by atoms with van der Waals surface area (Å²) >= 11 is 0. The van der Waals surface area contributed by atoms with E-state index in [1.54, 1.807) is 0 Å². The zero-order chi connectivity index (χ0) is 12.7. The van der Waals surface area contributed by atoms with Crippen LogP contribution in [0.4, 0.5) is 0 Å². The molecular weight excluding hydrogens is 204 g/mol. The van der Waals surface area contributed by atoms with Gasteiger partial charge in [0.25, 0.3) is 0 Å². The average molecular weight is 230 g/mol. The molecule has 0 atom stereocenters. The molecule has 0 unspecified atom stereocenters. The van der Waals surface area contributed by atoms with Gasteiger partial charge < -0.3 is 0 Å². The largest absolute Gasteiger partial charge is 0.0814 e. The van der Waals surface area contributed by atoms with E-state index >= 15 is 0 Å². The van der Waals surface area contributed by atoms with Crippen LogP contribution in [0.5, 0.6) is 0 Å². The van der Waals surface area contributed by atoms with Crippen molar-refractivity contribution in [1.29, 1.82) is 0 Å². The topological polar surface area (TPSA) is 0 Å². The molecule has 0 bridgehead atoms. The monoisotopic (exact) mass is 230 g/mol. The van der Waals surface area contributed by atoms with Crippen molar-refractivity contribution in [1.82, 2.24) is 0 Å². The van der Waals surface area contributed by atoms with Crippen molar-refractivity contribution in [2.45, 2.75) is 47.0 Å². The normalized spacial score (nSPS) is 11.9. The highest BCUT2D eigenvalue weighted by Gasteiger charge is 1.96. The van der Waals surface area contributed by atoms with Gasteiger partial charge in [0.05, 0.1) is 0 Å². The maximum Gasteiger partial charge on any atom is -0.0260 e. The molecule has 0 heteroatoms. The van der Waals surface area contributed by atoms with E-state index in [1.807, 2.05) is 0 Å². The summed E-state index contributed by atoms with van der Waals surface area (Å²) in [5.41, 5.74) is 2.78. The first-order valence-corrected chi connectivity index (χ1v) is 6.85. The molecule has 0 amide bonds. The Hall–Kier alpha value is -1.04. The van der Waals surface area contributed by atoms with Crippen molar-refractivity contribution in [2.75, 3.05) is 0 Å². The standard InChI is InChI=1S/C17H26/c1-14(2)6-5-7-16-10-12-17(13-11-16)9-8-15(3)4/h8-15H,5-7H2,1-4H3/b9-8+. The lowest BCUT2D eigenvalue weighted by molar-refractivity contribution is 0.556. The van der Waals surface area contributed by atoms with Crippen molar-refractivity contribution in [3.05, 3.63) is 41.5 Å². The summed E-state index contributed by atoms with van der Waals surface area (Å²) in [5.74, 6) is 1.45. The maximum absolute atomic E-state index is 2.29. The van der Waals surface area contributed by atoms with Gasteiger partial charge in [0.1, 0.15) is 0 Å². The van der Waals surface area contributed by atoms with Gasteiger partial charge in [-0.15, -0.1) is 0 Å². The zero-order valence-corrected chi connectivity index (χ0v) is 11.7. The first-order chi connectivity index (χ1) is 8.08. The Morgan fingerprint density at radius 1 is 1.00 bits per heavy atom. The Labute approximate surface area is 107 Å². The maximum atomic E-state index is 2.29. The van der Waals surface area contributed by atoms with Gasteiger partial charge >= 0.3 is 0 Å². The molecule has 0 fully saturated rings. The van der Waals surface area contributed by atoms with E-state index in [9.17, 15) is 0 Å². The summed E-state index contributed by atoms with van der Waals surface area (Å²) in [6.45, 7) is 8.99. The number of benzene rings is 1.